The van der Waals surface area contributed by atoms with Crippen molar-refractivity contribution in [2.24, 2.45) is 16.5 Å². The number of nitrogens with one attached hydrogen (secondary N) is 1. The van der Waals surface area contributed by atoms with Crippen molar-refractivity contribution in [1.29, 1.82) is 0 Å². The number of aryl methyl sites for hydroxylation is 1. The van der Waals surface area contributed by atoms with Crippen LogP contribution < -0.4 is 11.5 Å². The molecule has 0 aliphatic heterocycles. The lowest BCUT2D eigenvalue weighted by Crippen LogP contribution is -2.21. The molecule has 2 aromatic heterocycles. The first kappa shape index (κ1) is 17.3. The van der Waals surface area contributed by atoms with Gasteiger partial charge in [0.05, 0.1) is 5.69 Å². The molecule has 0 amide bonds. The van der Waals surface area contributed by atoms with Crippen molar-refractivity contribution in [3.63, 3.8) is 0 Å². The molecule has 0 aliphatic carbocycles. The van der Waals surface area contributed by atoms with E-state index in [2.05, 4.69) is 27.1 Å². The predicted molar refractivity (Wildman–Crippen MR) is 94.1 cm³/mol. The summed E-state index contributed by atoms with van der Waals surface area (Å²) in [5.74, 6) is 0.0246. The minimum Gasteiger partial charge on any atom is -0.370 e. The second kappa shape index (κ2) is 6.80. The zero-order chi connectivity index (χ0) is 13.4. The van der Waals surface area contributed by atoms with Crippen LogP contribution in [0.2, 0.25) is 0 Å². The van der Waals surface area contributed by atoms with E-state index < -0.39 is 0 Å². The summed E-state index contributed by atoms with van der Waals surface area (Å²) in [6.45, 7) is 2.04. The van der Waals surface area contributed by atoms with Crippen LogP contribution in [-0.4, -0.2) is 15.9 Å². The van der Waals surface area contributed by atoms with Crippen molar-refractivity contribution in [2.75, 3.05) is 0 Å². The average Bonchev–Trinajstić information content (AvgIpc) is 2.91. The van der Waals surface area contributed by atoms with Crippen LogP contribution in [0.25, 0.3) is 22.2 Å². The molecular formula is C13H15Cl2N5S. The third-order valence-corrected chi connectivity index (χ3v) is 3.60. The van der Waals surface area contributed by atoms with Gasteiger partial charge in [0.2, 0.25) is 5.13 Å². The number of hydrogen-bond donors (Lipinski definition) is 3. The molecule has 5 N–H and O–H groups in total. The fourth-order valence-electron chi connectivity index (χ4n) is 2.15. The summed E-state index contributed by atoms with van der Waals surface area (Å²) in [5.41, 5.74) is 14.9. The number of thiazole rings is 1. The molecule has 0 bridgehead atoms. The Kier molecular flexibility index (Phi) is 5.60. The second-order valence-electron chi connectivity index (χ2n) is 4.22. The Morgan fingerprint density at radius 3 is 2.67 bits per heavy atom. The number of aromatic amines is 1. The van der Waals surface area contributed by atoms with Crippen LogP contribution in [0.15, 0.2) is 34.6 Å². The average molecular weight is 344 g/mol. The first-order valence-corrected chi connectivity index (χ1v) is 6.66. The number of fused-ring (bicyclic) bond motifs is 1. The van der Waals surface area contributed by atoms with Gasteiger partial charge in [-0.25, -0.2) is 4.98 Å². The minimum atomic E-state index is 0. The summed E-state index contributed by atoms with van der Waals surface area (Å²) in [6.07, 6.45) is 0. The molecule has 5 nitrogen and oxygen atoms in total. The van der Waals surface area contributed by atoms with Gasteiger partial charge in [-0.15, -0.1) is 36.2 Å². The Labute approximate surface area is 138 Å². The maximum absolute atomic E-state index is 5.36. The van der Waals surface area contributed by atoms with Crippen molar-refractivity contribution >= 4 is 58.1 Å². The SMILES string of the molecule is Cc1[nH]c2ccccc2c1-c1csc(N=C(N)N)n1.Cl.Cl. The van der Waals surface area contributed by atoms with Crippen LogP contribution in [-0.2, 0) is 0 Å². The fourth-order valence-corrected chi connectivity index (χ4v) is 2.84. The van der Waals surface area contributed by atoms with Crippen molar-refractivity contribution in [3.05, 3.63) is 35.3 Å². The molecular weight excluding hydrogens is 329 g/mol. The number of hydrogen-bond acceptors (Lipinski definition) is 3. The lowest BCUT2D eigenvalue weighted by atomic mass is 10.1. The molecule has 0 aliphatic rings. The summed E-state index contributed by atoms with van der Waals surface area (Å²) in [7, 11) is 0. The molecule has 0 saturated carbocycles. The van der Waals surface area contributed by atoms with Gasteiger partial charge in [0.1, 0.15) is 0 Å². The van der Waals surface area contributed by atoms with Gasteiger partial charge in [-0.2, -0.15) is 4.99 Å². The zero-order valence-corrected chi connectivity index (χ0v) is 13.6. The normalized spacial score (nSPS) is 9.76. The van der Waals surface area contributed by atoms with E-state index >= 15 is 0 Å². The Morgan fingerprint density at radius 2 is 1.95 bits per heavy atom. The maximum atomic E-state index is 5.36. The van der Waals surface area contributed by atoms with Crippen LogP contribution in [0.3, 0.4) is 0 Å². The molecule has 112 valence electrons. The number of nitrogens with two attached hydrogens (primary N) is 2. The number of aromatic nitrogens is 2. The highest BCUT2D eigenvalue weighted by Gasteiger charge is 2.13. The van der Waals surface area contributed by atoms with E-state index in [1.54, 1.807) is 0 Å². The topological polar surface area (TPSA) is 93.1 Å². The second-order valence-corrected chi connectivity index (χ2v) is 5.06. The Balaban J connectivity index is 0.00000110. The highest BCUT2D eigenvalue weighted by atomic mass is 35.5. The quantitative estimate of drug-likeness (QED) is 0.492. The molecule has 0 atom stereocenters. The summed E-state index contributed by atoms with van der Waals surface area (Å²) >= 11 is 1.42. The third kappa shape index (κ3) is 3.29. The van der Waals surface area contributed by atoms with Gasteiger partial charge in [-0.3, -0.25) is 0 Å². The van der Waals surface area contributed by atoms with Gasteiger partial charge < -0.3 is 16.5 Å². The van der Waals surface area contributed by atoms with Crippen LogP contribution in [0.4, 0.5) is 5.13 Å². The van der Waals surface area contributed by atoms with Crippen LogP contribution >= 0.6 is 36.2 Å². The standard InChI is InChI=1S/C13H13N5S.2ClH/c1-7-11(8-4-2-3-5-9(8)16-7)10-6-19-13(17-10)18-12(14)15;;/h2-6,16H,1H3,(H4,14,15,17,18);2*1H. The lowest BCUT2D eigenvalue weighted by molar-refractivity contribution is 1.28. The fraction of sp³-hybridized carbons (Fsp3) is 0.0769. The van der Waals surface area contributed by atoms with Crippen molar-refractivity contribution in [2.45, 2.75) is 6.92 Å². The molecule has 0 saturated heterocycles. The zero-order valence-electron chi connectivity index (χ0n) is 11.2. The van der Waals surface area contributed by atoms with Gasteiger partial charge in [0.25, 0.3) is 0 Å². The number of halogens is 2. The summed E-state index contributed by atoms with van der Waals surface area (Å²) in [5, 5.41) is 3.69. The van der Waals surface area contributed by atoms with Gasteiger partial charge in [-0.05, 0) is 13.0 Å². The highest BCUT2D eigenvalue weighted by molar-refractivity contribution is 7.13. The monoisotopic (exact) mass is 343 g/mol. The molecule has 3 rings (SSSR count). The molecule has 0 unspecified atom stereocenters. The molecule has 8 heteroatoms. The van der Waals surface area contributed by atoms with Gasteiger partial charge >= 0.3 is 0 Å². The van der Waals surface area contributed by atoms with E-state index in [1.165, 1.54) is 11.3 Å². The Bertz CT molecular complexity index is 774. The lowest BCUT2D eigenvalue weighted by Gasteiger charge is -1.95. The Hall–Kier alpha value is -1.76. The first-order chi connectivity index (χ1) is 9.15. The summed E-state index contributed by atoms with van der Waals surface area (Å²) in [4.78, 5) is 11.8. The van der Waals surface area contributed by atoms with E-state index in [4.69, 9.17) is 11.5 Å². The molecule has 0 radical (unpaired) electrons. The number of H-pyrrole nitrogens is 1. The van der Waals surface area contributed by atoms with E-state index in [1.807, 2.05) is 24.4 Å². The highest BCUT2D eigenvalue weighted by Crippen LogP contribution is 2.34. The van der Waals surface area contributed by atoms with Crippen LogP contribution in [0.1, 0.15) is 5.69 Å². The number of benzene rings is 1. The number of nitrogens with zero attached hydrogens (tertiary/aromatic N) is 2. The smallest absolute Gasteiger partial charge is 0.212 e. The summed E-state index contributed by atoms with van der Waals surface area (Å²) in [6, 6.07) is 8.15. The molecule has 0 fully saturated rings. The Morgan fingerprint density at radius 1 is 1.24 bits per heavy atom. The van der Waals surface area contributed by atoms with Crippen molar-refractivity contribution in [1.82, 2.24) is 9.97 Å². The van der Waals surface area contributed by atoms with Gasteiger partial charge in [0, 0.05) is 27.5 Å². The number of guanidine groups is 1. The first-order valence-electron chi connectivity index (χ1n) is 5.78. The predicted octanol–water partition coefficient (Wildman–Crippen LogP) is 3.35. The number of para-hydroxylation sites is 1. The van der Waals surface area contributed by atoms with Gasteiger partial charge in [-0.1, -0.05) is 18.2 Å². The van der Waals surface area contributed by atoms with Crippen LogP contribution in [0.5, 0.6) is 0 Å². The van der Waals surface area contributed by atoms with E-state index in [-0.39, 0.29) is 30.8 Å². The molecule has 3 aromatic rings. The summed E-state index contributed by atoms with van der Waals surface area (Å²) < 4.78 is 0. The van der Waals surface area contributed by atoms with Crippen molar-refractivity contribution in [3.8, 4) is 11.3 Å². The molecule has 2 heterocycles. The number of rotatable bonds is 2. The maximum Gasteiger partial charge on any atom is 0.212 e. The van der Waals surface area contributed by atoms with Crippen LogP contribution in [0, 0.1) is 6.92 Å². The molecule has 1 aromatic carbocycles. The largest absolute Gasteiger partial charge is 0.370 e. The molecule has 21 heavy (non-hydrogen) atoms. The van der Waals surface area contributed by atoms with E-state index in [0.717, 1.165) is 27.9 Å². The van der Waals surface area contributed by atoms with Gasteiger partial charge in [0.15, 0.2) is 5.96 Å². The van der Waals surface area contributed by atoms with E-state index in [9.17, 15) is 0 Å². The minimum absolute atomic E-state index is 0. The number of aliphatic imine (C=N–C) groups is 1. The third-order valence-electron chi connectivity index (χ3n) is 2.87. The van der Waals surface area contributed by atoms with E-state index in [0.29, 0.717) is 5.13 Å². The molecule has 0 spiro atoms. The van der Waals surface area contributed by atoms with Crippen molar-refractivity contribution < 1.29 is 0 Å².